The van der Waals surface area contributed by atoms with Gasteiger partial charge in [-0.25, -0.2) is 10.2 Å². The van der Waals surface area contributed by atoms with Gasteiger partial charge in [0.2, 0.25) is 5.91 Å². The quantitative estimate of drug-likeness (QED) is 0.590. The monoisotopic (exact) mass is 220 g/mol. The maximum atomic E-state index is 11.1. The van der Waals surface area contributed by atoms with E-state index >= 15 is 0 Å². The van der Waals surface area contributed by atoms with E-state index in [1.807, 2.05) is 5.43 Å². The topological polar surface area (TPSA) is 95.5 Å². The first-order valence-corrected chi connectivity index (χ1v) is 4.84. The highest BCUT2D eigenvalue weighted by Crippen LogP contribution is 2.08. The summed E-state index contributed by atoms with van der Waals surface area (Å²) in [6.45, 7) is 3.01. The zero-order valence-electron chi connectivity index (χ0n) is 7.86. The minimum absolute atomic E-state index is 0.0733. The maximum Gasteiger partial charge on any atom is 0.423 e. The molecule has 2 amide bonds. The summed E-state index contributed by atoms with van der Waals surface area (Å²) in [4.78, 5) is 31.7. The summed E-state index contributed by atoms with van der Waals surface area (Å²) >= 11 is 1.03. The molecule has 0 aliphatic rings. The van der Waals surface area contributed by atoms with Crippen LogP contribution in [-0.2, 0) is 9.59 Å². The number of hydrogen-bond acceptors (Lipinski definition) is 4. The predicted molar refractivity (Wildman–Crippen MR) is 51.6 cm³/mol. The maximum absolute atomic E-state index is 11.1. The van der Waals surface area contributed by atoms with Gasteiger partial charge in [-0.05, 0) is 0 Å². The fourth-order valence-electron chi connectivity index (χ4n) is 0.556. The number of carboxylic acid groups (broad SMARTS) is 1. The Morgan fingerprint density at radius 1 is 1.36 bits per heavy atom. The Balaban J connectivity index is 3.76. The zero-order chi connectivity index (χ0) is 11.1. The van der Waals surface area contributed by atoms with Crippen LogP contribution in [0, 0.1) is 5.92 Å². The van der Waals surface area contributed by atoms with Gasteiger partial charge in [0.25, 0.3) is 0 Å². The van der Waals surface area contributed by atoms with Gasteiger partial charge in [-0.3, -0.25) is 15.0 Å². The van der Waals surface area contributed by atoms with E-state index in [4.69, 9.17) is 5.11 Å². The van der Waals surface area contributed by atoms with Gasteiger partial charge in [0.15, 0.2) is 5.12 Å². The van der Waals surface area contributed by atoms with Crippen LogP contribution in [0.25, 0.3) is 0 Å². The van der Waals surface area contributed by atoms with E-state index in [-0.39, 0.29) is 5.12 Å². The Bertz CT molecular complexity index is 244. The SMILES string of the molecule is CC(=O)SCC(C)C(=O)NNC(=O)O. The first-order chi connectivity index (χ1) is 6.43. The molecule has 0 radical (unpaired) electrons. The lowest BCUT2D eigenvalue weighted by molar-refractivity contribution is -0.124. The average molecular weight is 220 g/mol. The molecule has 0 saturated heterocycles. The van der Waals surface area contributed by atoms with Crippen LogP contribution in [0.2, 0.25) is 0 Å². The van der Waals surface area contributed by atoms with Gasteiger partial charge >= 0.3 is 6.09 Å². The number of carbonyl (C=O) groups excluding carboxylic acids is 2. The van der Waals surface area contributed by atoms with Gasteiger partial charge in [-0.2, -0.15) is 0 Å². The Labute approximate surface area is 85.4 Å². The highest BCUT2D eigenvalue weighted by atomic mass is 32.2. The van der Waals surface area contributed by atoms with Crippen LogP contribution in [0.1, 0.15) is 13.8 Å². The molecule has 80 valence electrons. The van der Waals surface area contributed by atoms with Gasteiger partial charge < -0.3 is 5.11 Å². The molecular weight excluding hydrogens is 208 g/mol. The van der Waals surface area contributed by atoms with Crippen LogP contribution in [0.3, 0.4) is 0 Å². The van der Waals surface area contributed by atoms with Crippen molar-refractivity contribution in [3.63, 3.8) is 0 Å². The third kappa shape index (κ3) is 6.30. The first kappa shape index (κ1) is 12.8. The zero-order valence-corrected chi connectivity index (χ0v) is 8.68. The molecule has 0 saturated carbocycles. The second-order valence-corrected chi connectivity index (χ2v) is 3.82. The van der Waals surface area contributed by atoms with Crippen molar-refractivity contribution in [2.24, 2.45) is 5.92 Å². The van der Waals surface area contributed by atoms with Crippen molar-refractivity contribution in [1.29, 1.82) is 0 Å². The minimum atomic E-state index is -1.33. The van der Waals surface area contributed by atoms with Gasteiger partial charge in [0, 0.05) is 18.6 Å². The van der Waals surface area contributed by atoms with Crippen molar-refractivity contribution in [3.8, 4) is 0 Å². The van der Waals surface area contributed by atoms with Crippen molar-refractivity contribution < 1.29 is 19.5 Å². The highest BCUT2D eigenvalue weighted by molar-refractivity contribution is 8.13. The summed E-state index contributed by atoms with van der Waals surface area (Å²) in [6, 6.07) is 0. The minimum Gasteiger partial charge on any atom is -0.464 e. The molecule has 0 aliphatic carbocycles. The molecule has 0 spiro atoms. The smallest absolute Gasteiger partial charge is 0.423 e. The lowest BCUT2D eigenvalue weighted by Gasteiger charge is -2.09. The van der Waals surface area contributed by atoms with Gasteiger partial charge in [0.1, 0.15) is 0 Å². The normalized spacial score (nSPS) is 11.6. The van der Waals surface area contributed by atoms with E-state index < -0.39 is 17.9 Å². The summed E-state index contributed by atoms with van der Waals surface area (Å²) < 4.78 is 0. The summed E-state index contributed by atoms with van der Waals surface area (Å²) in [6.07, 6.45) is -1.33. The molecule has 1 atom stereocenters. The molecule has 0 aromatic heterocycles. The summed E-state index contributed by atoms with van der Waals surface area (Å²) in [5.74, 6) is -0.542. The summed E-state index contributed by atoms with van der Waals surface area (Å²) in [5.41, 5.74) is 3.73. The number of amides is 2. The standard InChI is InChI=1S/C7H12N2O4S/c1-4(3-14-5(2)10)6(11)8-9-7(12)13/h4,9H,3H2,1-2H3,(H,8,11)(H,12,13). The number of hydrazine groups is 1. The molecule has 0 rings (SSSR count). The van der Waals surface area contributed by atoms with Crippen LogP contribution >= 0.6 is 11.8 Å². The van der Waals surface area contributed by atoms with E-state index in [1.54, 1.807) is 12.3 Å². The highest BCUT2D eigenvalue weighted by Gasteiger charge is 2.13. The molecule has 0 aromatic rings. The molecule has 6 nitrogen and oxygen atoms in total. The second kappa shape index (κ2) is 6.25. The van der Waals surface area contributed by atoms with Gasteiger partial charge in [-0.15, -0.1) is 0 Å². The molecule has 14 heavy (non-hydrogen) atoms. The molecule has 1 unspecified atom stereocenters. The van der Waals surface area contributed by atoms with Crippen molar-refractivity contribution in [3.05, 3.63) is 0 Å². The first-order valence-electron chi connectivity index (χ1n) is 3.85. The summed E-state index contributed by atoms with van der Waals surface area (Å²) in [5, 5.41) is 8.10. The van der Waals surface area contributed by atoms with Crippen molar-refractivity contribution in [2.75, 3.05) is 5.75 Å². The molecule has 0 aliphatic heterocycles. The number of rotatable bonds is 3. The lowest BCUT2D eigenvalue weighted by atomic mass is 10.2. The largest absolute Gasteiger partial charge is 0.464 e. The van der Waals surface area contributed by atoms with Crippen LogP contribution in [0.4, 0.5) is 4.79 Å². The number of carbonyl (C=O) groups is 3. The molecule has 0 bridgehead atoms. The van der Waals surface area contributed by atoms with E-state index in [0.29, 0.717) is 5.75 Å². The predicted octanol–water partition coefficient (Wildman–Crippen LogP) is 0.201. The van der Waals surface area contributed by atoms with Crippen LogP contribution in [-0.4, -0.2) is 28.0 Å². The van der Waals surface area contributed by atoms with E-state index in [1.165, 1.54) is 6.92 Å². The van der Waals surface area contributed by atoms with E-state index in [2.05, 4.69) is 0 Å². The van der Waals surface area contributed by atoms with Crippen molar-refractivity contribution in [1.82, 2.24) is 10.9 Å². The number of nitrogens with one attached hydrogen (secondary N) is 2. The fourth-order valence-corrected chi connectivity index (χ4v) is 1.19. The Kier molecular flexibility index (Phi) is 5.70. The van der Waals surface area contributed by atoms with Gasteiger partial charge in [-0.1, -0.05) is 18.7 Å². The van der Waals surface area contributed by atoms with E-state index in [9.17, 15) is 14.4 Å². The Morgan fingerprint density at radius 2 is 1.93 bits per heavy atom. The second-order valence-electron chi connectivity index (χ2n) is 2.62. The third-order valence-corrected chi connectivity index (χ3v) is 2.35. The molecule has 0 heterocycles. The lowest BCUT2D eigenvalue weighted by Crippen LogP contribution is -2.43. The van der Waals surface area contributed by atoms with E-state index in [0.717, 1.165) is 11.8 Å². The average Bonchev–Trinajstić information content (AvgIpc) is 2.09. The molecule has 0 fully saturated rings. The van der Waals surface area contributed by atoms with Crippen molar-refractivity contribution in [2.45, 2.75) is 13.8 Å². The molecule has 0 aromatic carbocycles. The van der Waals surface area contributed by atoms with Gasteiger partial charge in [0.05, 0.1) is 0 Å². The Morgan fingerprint density at radius 3 is 2.36 bits per heavy atom. The molecule has 3 N–H and O–H groups in total. The number of hydrogen-bond donors (Lipinski definition) is 3. The van der Waals surface area contributed by atoms with Crippen LogP contribution < -0.4 is 10.9 Å². The Hall–Kier alpha value is -1.24. The van der Waals surface area contributed by atoms with Crippen molar-refractivity contribution >= 4 is 28.9 Å². The van der Waals surface area contributed by atoms with Crippen LogP contribution in [0.5, 0.6) is 0 Å². The third-order valence-electron chi connectivity index (χ3n) is 1.28. The molecule has 7 heteroatoms. The summed E-state index contributed by atoms with van der Waals surface area (Å²) in [7, 11) is 0. The number of thioether (sulfide) groups is 1. The fraction of sp³-hybridized carbons (Fsp3) is 0.571. The molecular formula is C7H12N2O4S. The van der Waals surface area contributed by atoms with Crippen LogP contribution in [0.15, 0.2) is 0 Å².